The molecule has 19 heavy (non-hydrogen) atoms. The Hall–Kier alpha value is -1.55. The van der Waals surface area contributed by atoms with E-state index in [1.54, 1.807) is 4.90 Å². The zero-order valence-corrected chi connectivity index (χ0v) is 11.9. The molecule has 1 heterocycles. The highest BCUT2D eigenvalue weighted by Gasteiger charge is 2.23. The van der Waals surface area contributed by atoms with Crippen LogP contribution in [0, 0.1) is 11.8 Å². The predicted octanol–water partition coefficient (Wildman–Crippen LogP) is 1.85. The van der Waals surface area contributed by atoms with Crippen LogP contribution in [0.15, 0.2) is 18.2 Å². The zero-order valence-electron chi connectivity index (χ0n) is 11.9. The maximum absolute atomic E-state index is 11.6. The lowest BCUT2D eigenvalue weighted by molar-refractivity contribution is -0.117. The van der Waals surface area contributed by atoms with Crippen LogP contribution < -0.4 is 16.0 Å². The Labute approximate surface area is 115 Å². The van der Waals surface area contributed by atoms with Gasteiger partial charge in [0.2, 0.25) is 5.91 Å². The second kappa shape index (κ2) is 5.61. The number of likely N-dealkylation sites (N-methyl/N-ethyl adjacent to an activating group) is 1. The monoisotopic (exact) mass is 261 g/mol. The SMILES string of the molecule is CC(C)C(CN)CNc1ccc2c(c1)CC(=O)N2C. The van der Waals surface area contributed by atoms with Crippen molar-refractivity contribution < 1.29 is 4.79 Å². The van der Waals surface area contributed by atoms with Crippen molar-refractivity contribution in [2.45, 2.75) is 20.3 Å². The standard InChI is InChI=1S/C15H23N3O/c1-10(2)12(8-16)9-17-13-4-5-14-11(6-13)7-15(19)18(14)3/h4-6,10,12,17H,7-9,16H2,1-3H3. The van der Waals surface area contributed by atoms with Crippen molar-refractivity contribution in [3.8, 4) is 0 Å². The van der Waals surface area contributed by atoms with Gasteiger partial charge in [-0.2, -0.15) is 0 Å². The van der Waals surface area contributed by atoms with Crippen LogP contribution in [0.4, 0.5) is 11.4 Å². The molecular weight excluding hydrogens is 238 g/mol. The molecule has 4 heteroatoms. The highest BCUT2D eigenvalue weighted by molar-refractivity contribution is 6.01. The average Bonchev–Trinajstić information content (AvgIpc) is 2.65. The number of hydrogen-bond acceptors (Lipinski definition) is 3. The van der Waals surface area contributed by atoms with E-state index in [1.165, 1.54) is 0 Å². The predicted molar refractivity (Wildman–Crippen MR) is 79.4 cm³/mol. The molecule has 3 N–H and O–H groups in total. The number of anilines is 2. The molecule has 0 bridgehead atoms. The summed E-state index contributed by atoms with van der Waals surface area (Å²) in [4.78, 5) is 13.4. The Morgan fingerprint density at radius 2 is 2.16 bits per heavy atom. The molecule has 4 nitrogen and oxygen atoms in total. The molecule has 0 aliphatic carbocycles. The van der Waals surface area contributed by atoms with Gasteiger partial charge in [-0.05, 0) is 42.1 Å². The quantitative estimate of drug-likeness (QED) is 0.850. The molecule has 2 rings (SSSR count). The Kier molecular flexibility index (Phi) is 4.10. The van der Waals surface area contributed by atoms with Gasteiger partial charge in [0.25, 0.3) is 0 Å². The number of nitrogens with zero attached hydrogens (tertiary/aromatic N) is 1. The van der Waals surface area contributed by atoms with E-state index in [9.17, 15) is 4.79 Å². The van der Waals surface area contributed by atoms with Crippen LogP contribution >= 0.6 is 0 Å². The minimum atomic E-state index is 0.161. The minimum absolute atomic E-state index is 0.161. The van der Waals surface area contributed by atoms with Gasteiger partial charge in [-0.1, -0.05) is 13.8 Å². The van der Waals surface area contributed by atoms with Crippen molar-refractivity contribution >= 4 is 17.3 Å². The molecule has 0 radical (unpaired) electrons. The number of benzene rings is 1. The first-order valence-electron chi connectivity index (χ1n) is 6.86. The first kappa shape index (κ1) is 13.9. The van der Waals surface area contributed by atoms with Crippen molar-refractivity contribution in [2.75, 3.05) is 30.4 Å². The summed E-state index contributed by atoms with van der Waals surface area (Å²) in [6, 6.07) is 6.11. The number of rotatable bonds is 5. The van der Waals surface area contributed by atoms with Crippen LogP contribution in [-0.2, 0) is 11.2 Å². The summed E-state index contributed by atoms with van der Waals surface area (Å²) in [6.45, 7) is 5.94. The summed E-state index contributed by atoms with van der Waals surface area (Å²) in [7, 11) is 1.82. The molecule has 0 spiro atoms. The smallest absolute Gasteiger partial charge is 0.231 e. The second-order valence-electron chi connectivity index (χ2n) is 5.59. The molecule has 1 atom stereocenters. The highest BCUT2D eigenvalue weighted by atomic mass is 16.2. The molecule has 0 saturated heterocycles. The number of carbonyl (C=O) groups excluding carboxylic acids is 1. The van der Waals surface area contributed by atoms with Gasteiger partial charge in [-0.15, -0.1) is 0 Å². The number of fused-ring (bicyclic) bond motifs is 1. The van der Waals surface area contributed by atoms with Crippen molar-refractivity contribution in [1.29, 1.82) is 0 Å². The fraction of sp³-hybridized carbons (Fsp3) is 0.533. The van der Waals surface area contributed by atoms with E-state index < -0.39 is 0 Å². The van der Waals surface area contributed by atoms with Crippen LogP contribution in [0.2, 0.25) is 0 Å². The molecule has 1 aromatic carbocycles. The molecule has 104 valence electrons. The van der Waals surface area contributed by atoms with E-state index in [0.717, 1.165) is 23.5 Å². The third kappa shape index (κ3) is 2.89. The van der Waals surface area contributed by atoms with Crippen molar-refractivity contribution in [3.05, 3.63) is 23.8 Å². The number of hydrogen-bond donors (Lipinski definition) is 2. The molecule has 1 unspecified atom stereocenters. The number of carbonyl (C=O) groups is 1. The third-order valence-corrected chi connectivity index (χ3v) is 3.97. The fourth-order valence-electron chi connectivity index (χ4n) is 2.42. The van der Waals surface area contributed by atoms with E-state index in [0.29, 0.717) is 24.8 Å². The van der Waals surface area contributed by atoms with Crippen LogP contribution in [-0.4, -0.2) is 26.0 Å². The van der Waals surface area contributed by atoms with Gasteiger partial charge in [0, 0.05) is 25.0 Å². The lowest BCUT2D eigenvalue weighted by Gasteiger charge is -2.20. The second-order valence-corrected chi connectivity index (χ2v) is 5.59. The Balaban J connectivity index is 2.04. The zero-order chi connectivity index (χ0) is 14.0. The van der Waals surface area contributed by atoms with Gasteiger partial charge in [-0.3, -0.25) is 4.79 Å². The normalized spacial score (nSPS) is 15.8. The Morgan fingerprint density at radius 3 is 2.79 bits per heavy atom. The van der Waals surface area contributed by atoms with Crippen molar-refractivity contribution in [3.63, 3.8) is 0 Å². The lowest BCUT2D eigenvalue weighted by atomic mass is 9.96. The van der Waals surface area contributed by atoms with Crippen LogP contribution in [0.3, 0.4) is 0 Å². The summed E-state index contributed by atoms with van der Waals surface area (Å²) in [5.41, 5.74) is 8.97. The van der Waals surface area contributed by atoms with Gasteiger partial charge in [0.15, 0.2) is 0 Å². The van der Waals surface area contributed by atoms with Crippen LogP contribution in [0.25, 0.3) is 0 Å². The van der Waals surface area contributed by atoms with Gasteiger partial charge in [0.05, 0.1) is 6.42 Å². The number of amides is 1. The molecule has 1 aromatic rings. The number of nitrogens with one attached hydrogen (secondary N) is 1. The highest BCUT2D eigenvalue weighted by Crippen LogP contribution is 2.30. The largest absolute Gasteiger partial charge is 0.385 e. The molecule has 1 aliphatic rings. The lowest BCUT2D eigenvalue weighted by Crippen LogP contribution is -2.27. The van der Waals surface area contributed by atoms with Gasteiger partial charge in [-0.25, -0.2) is 0 Å². The van der Waals surface area contributed by atoms with Crippen LogP contribution in [0.5, 0.6) is 0 Å². The summed E-state index contributed by atoms with van der Waals surface area (Å²) >= 11 is 0. The summed E-state index contributed by atoms with van der Waals surface area (Å²) in [5.74, 6) is 1.20. The molecule has 0 aromatic heterocycles. The summed E-state index contributed by atoms with van der Waals surface area (Å²) in [5, 5.41) is 3.43. The van der Waals surface area contributed by atoms with Gasteiger partial charge in [0.1, 0.15) is 0 Å². The summed E-state index contributed by atoms with van der Waals surface area (Å²) in [6.07, 6.45) is 0.506. The Bertz CT molecular complexity index is 470. The average molecular weight is 261 g/mol. The first-order chi connectivity index (χ1) is 9.02. The van der Waals surface area contributed by atoms with E-state index in [4.69, 9.17) is 5.73 Å². The van der Waals surface area contributed by atoms with Crippen LogP contribution in [0.1, 0.15) is 19.4 Å². The van der Waals surface area contributed by atoms with Gasteiger partial charge >= 0.3 is 0 Å². The molecule has 0 fully saturated rings. The molecule has 1 aliphatic heterocycles. The molecular formula is C15H23N3O. The van der Waals surface area contributed by atoms with Crippen molar-refractivity contribution in [1.82, 2.24) is 0 Å². The van der Waals surface area contributed by atoms with E-state index in [-0.39, 0.29) is 5.91 Å². The van der Waals surface area contributed by atoms with Crippen molar-refractivity contribution in [2.24, 2.45) is 17.6 Å². The Morgan fingerprint density at radius 1 is 1.42 bits per heavy atom. The first-order valence-corrected chi connectivity index (χ1v) is 6.86. The maximum atomic E-state index is 11.6. The fourth-order valence-corrected chi connectivity index (χ4v) is 2.42. The molecule has 1 amide bonds. The van der Waals surface area contributed by atoms with E-state index >= 15 is 0 Å². The maximum Gasteiger partial charge on any atom is 0.231 e. The van der Waals surface area contributed by atoms with E-state index in [2.05, 4.69) is 25.2 Å². The van der Waals surface area contributed by atoms with E-state index in [1.807, 2.05) is 19.2 Å². The third-order valence-electron chi connectivity index (χ3n) is 3.97. The minimum Gasteiger partial charge on any atom is -0.385 e. The summed E-state index contributed by atoms with van der Waals surface area (Å²) < 4.78 is 0. The molecule has 0 saturated carbocycles. The topological polar surface area (TPSA) is 58.4 Å². The number of nitrogens with two attached hydrogens (primary N) is 1. The van der Waals surface area contributed by atoms with Gasteiger partial charge < -0.3 is 16.0 Å².